The van der Waals surface area contributed by atoms with Crippen molar-refractivity contribution in [3.05, 3.63) is 60.7 Å². The monoisotopic (exact) mass is 390 g/mol. The van der Waals surface area contributed by atoms with Gasteiger partial charge in [0.25, 0.3) is 4.21 Å². The van der Waals surface area contributed by atoms with Crippen LogP contribution in [-0.2, 0) is 0 Å². The second kappa shape index (κ2) is 9.09. The summed E-state index contributed by atoms with van der Waals surface area (Å²) in [5.74, 6) is 1.76. The second-order valence-electron chi connectivity index (χ2n) is 5.16. The first-order chi connectivity index (χ1) is 11.7. The van der Waals surface area contributed by atoms with Gasteiger partial charge in [-0.3, -0.25) is 0 Å². The van der Waals surface area contributed by atoms with Gasteiger partial charge < -0.3 is 21.9 Å². The first-order valence-corrected chi connectivity index (χ1v) is 9.59. The van der Waals surface area contributed by atoms with Crippen molar-refractivity contribution in [1.82, 2.24) is 0 Å². The van der Waals surface area contributed by atoms with Crippen LogP contribution in [0.5, 0.6) is 11.5 Å². The molecule has 130 valence electrons. The van der Waals surface area contributed by atoms with Crippen LogP contribution in [0.15, 0.2) is 64.9 Å². The predicted octanol–water partition coefficient (Wildman–Crippen LogP) is 3.11. The standard InChI is InChI=1S/C20H19O2S2.ClH/c1-21-16-8-4-14(5-9-16)18-12-13-19(24-20(18)23-3)15-6-10-17(22-2)11-7-15;/h4-13H,1-3H3;1H/q+1;/p-1. The van der Waals surface area contributed by atoms with Gasteiger partial charge in [0, 0.05) is 11.6 Å². The van der Waals surface area contributed by atoms with Gasteiger partial charge in [-0.25, -0.2) is 0 Å². The first-order valence-electron chi connectivity index (χ1n) is 7.55. The third-order valence-electron chi connectivity index (χ3n) is 3.78. The van der Waals surface area contributed by atoms with Gasteiger partial charge in [0.2, 0.25) is 16.2 Å². The molecule has 1 heterocycles. The summed E-state index contributed by atoms with van der Waals surface area (Å²) in [6, 6.07) is 20.8. The molecule has 0 amide bonds. The zero-order chi connectivity index (χ0) is 16.9. The summed E-state index contributed by atoms with van der Waals surface area (Å²) >= 11 is 3.59. The summed E-state index contributed by atoms with van der Waals surface area (Å²) < 4.78 is 11.8. The zero-order valence-electron chi connectivity index (χ0n) is 14.3. The van der Waals surface area contributed by atoms with Crippen LogP contribution in [0.3, 0.4) is 0 Å². The van der Waals surface area contributed by atoms with Crippen molar-refractivity contribution < 1.29 is 21.9 Å². The molecular weight excluding hydrogens is 372 g/mol. The quantitative estimate of drug-likeness (QED) is 0.492. The number of hydrogen-bond acceptors (Lipinski definition) is 3. The highest BCUT2D eigenvalue weighted by Crippen LogP contribution is 2.39. The maximum atomic E-state index is 5.24. The first kappa shape index (κ1) is 19.6. The van der Waals surface area contributed by atoms with Gasteiger partial charge in [0.1, 0.15) is 11.5 Å². The highest BCUT2D eigenvalue weighted by Gasteiger charge is 2.19. The van der Waals surface area contributed by atoms with Gasteiger partial charge >= 0.3 is 0 Å². The molecule has 0 atom stereocenters. The molecule has 0 aliphatic rings. The molecule has 0 fully saturated rings. The maximum Gasteiger partial charge on any atom is 0.272 e. The Balaban J connectivity index is 0.00000225. The largest absolute Gasteiger partial charge is 1.00 e. The molecule has 25 heavy (non-hydrogen) atoms. The molecule has 0 unspecified atom stereocenters. The van der Waals surface area contributed by atoms with E-state index in [1.54, 1.807) is 26.0 Å². The SMILES string of the molecule is COc1ccc(-c2ccc(-c3ccc(OC)cc3)c(SC)[s+]2)cc1.[Cl-]. The zero-order valence-corrected chi connectivity index (χ0v) is 16.7. The molecule has 0 saturated carbocycles. The van der Waals surface area contributed by atoms with E-state index in [-0.39, 0.29) is 12.4 Å². The van der Waals surface area contributed by atoms with E-state index in [0.29, 0.717) is 0 Å². The second-order valence-corrected chi connectivity index (χ2v) is 7.29. The summed E-state index contributed by atoms with van der Waals surface area (Å²) in [4.78, 5) is 1.25. The van der Waals surface area contributed by atoms with E-state index >= 15 is 0 Å². The lowest BCUT2D eigenvalue weighted by molar-refractivity contribution is -0.00000529. The summed E-state index contributed by atoms with van der Waals surface area (Å²) in [5.41, 5.74) is 3.67. The van der Waals surface area contributed by atoms with Crippen molar-refractivity contribution in [2.75, 3.05) is 20.5 Å². The molecule has 0 bridgehead atoms. The fraction of sp³-hybridized carbons (Fsp3) is 0.150. The Hall–Kier alpha value is -1.75. The van der Waals surface area contributed by atoms with Gasteiger partial charge in [-0.2, -0.15) is 0 Å². The molecule has 0 aliphatic carbocycles. The summed E-state index contributed by atoms with van der Waals surface area (Å²) in [6.07, 6.45) is 2.12. The molecule has 0 spiro atoms. The Morgan fingerprint density at radius 1 is 0.720 bits per heavy atom. The fourth-order valence-electron chi connectivity index (χ4n) is 2.46. The average molecular weight is 391 g/mol. The maximum absolute atomic E-state index is 5.24. The van der Waals surface area contributed by atoms with Crippen LogP contribution in [-0.4, -0.2) is 20.5 Å². The van der Waals surface area contributed by atoms with Crippen LogP contribution in [0.1, 0.15) is 0 Å². The highest BCUT2D eigenvalue weighted by atomic mass is 35.5. The van der Waals surface area contributed by atoms with Crippen LogP contribution in [0, 0.1) is 0 Å². The average Bonchev–Trinajstić information content (AvgIpc) is 2.67. The third-order valence-corrected chi connectivity index (χ3v) is 6.12. The molecule has 5 heteroatoms. The number of halogens is 1. The van der Waals surface area contributed by atoms with Crippen molar-refractivity contribution in [3.8, 4) is 33.1 Å². The minimum absolute atomic E-state index is 0. The molecule has 3 aromatic rings. The molecular formula is C20H19ClO2S2. The summed E-state index contributed by atoms with van der Waals surface area (Å²) in [7, 11) is 3.38. The Kier molecular flexibility index (Phi) is 7.12. The normalized spacial score (nSPS) is 10.0. The summed E-state index contributed by atoms with van der Waals surface area (Å²) in [6.45, 7) is 0. The smallest absolute Gasteiger partial charge is 0.272 e. The lowest BCUT2D eigenvalue weighted by atomic mass is 10.1. The fourth-order valence-corrected chi connectivity index (χ4v) is 4.36. The number of benzene rings is 2. The molecule has 0 N–H and O–H groups in total. The Morgan fingerprint density at radius 3 is 1.72 bits per heavy atom. The summed E-state index contributed by atoms with van der Waals surface area (Å²) in [5, 5.41) is 0. The van der Waals surface area contributed by atoms with E-state index in [1.807, 2.05) is 35.6 Å². The molecule has 0 saturated heterocycles. The van der Waals surface area contributed by atoms with E-state index in [0.717, 1.165) is 11.5 Å². The predicted molar refractivity (Wildman–Crippen MR) is 104 cm³/mol. The molecule has 3 rings (SSSR count). The van der Waals surface area contributed by atoms with Crippen molar-refractivity contribution in [2.24, 2.45) is 0 Å². The van der Waals surface area contributed by atoms with Gasteiger partial charge in [-0.15, -0.1) is 0 Å². The van der Waals surface area contributed by atoms with E-state index < -0.39 is 0 Å². The molecule has 1 aromatic heterocycles. The number of methoxy groups -OCH3 is 2. The minimum atomic E-state index is 0. The minimum Gasteiger partial charge on any atom is -1.00 e. The number of rotatable bonds is 5. The van der Waals surface area contributed by atoms with Gasteiger partial charge in [0.05, 0.1) is 19.8 Å². The van der Waals surface area contributed by atoms with Crippen LogP contribution in [0.2, 0.25) is 0 Å². The van der Waals surface area contributed by atoms with E-state index in [2.05, 4.69) is 42.7 Å². The highest BCUT2D eigenvalue weighted by molar-refractivity contribution is 8.00. The lowest BCUT2D eigenvalue weighted by Crippen LogP contribution is -3.00. The van der Waals surface area contributed by atoms with Crippen molar-refractivity contribution in [2.45, 2.75) is 4.21 Å². The Morgan fingerprint density at radius 2 is 1.24 bits per heavy atom. The Labute approximate surface area is 163 Å². The van der Waals surface area contributed by atoms with Gasteiger partial charge in [0.15, 0.2) is 0 Å². The third kappa shape index (κ3) is 4.46. The van der Waals surface area contributed by atoms with Crippen LogP contribution < -0.4 is 21.9 Å². The Bertz CT molecular complexity index is 818. The topological polar surface area (TPSA) is 18.5 Å². The number of thioether (sulfide) groups is 1. The van der Waals surface area contributed by atoms with E-state index in [4.69, 9.17) is 9.47 Å². The van der Waals surface area contributed by atoms with E-state index in [9.17, 15) is 0 Å². The van der Waals surface area contributed by atoms with Crippen molar-refractivity contribution >= 4 is 23.1 Å². The van der Waals surface area contributed by atoms with Gasteiger partial charge in [-0.05, 0) is 54.3 Å². The van der Waals surface area contributed by atoms with E-state index in [1.165, 1.54) is 25.8 Å². The van der Waals surface area contributed by atoms with Crippen molar-refractivity contribution in [3.63, 3.8) is 0 Å². The molecule has 0 radical (unpaired) electrons. The van der Waals surface area contributed by atoms with Crippen LogP contribution in [0.25, 0.3) is 21.6 Å². The lowest BCUT2D eigenvalue weighted by Gasteiger charge is -2.04. The molecule has 2 aromatic carbocycles. The van der Waals surface area contributed by atoms with Crippen LogP contribution >= 0.6 is 23.1 Å². The molecule has 2 nitrogen and oxygen atoms in total. The van der Waals surface area contributed by atoms with Gasteiger partial charge in [-0.1, -0.05) is 23.9 Å². The van der Waals surface area contributed by atoms with Crippen LogP contribution in [0.4, 0.5) is 0 Å². The molecule has 0 aliphatic heterocycles. The van der Waals surface area contributed by atoms with Crippen molar-refractivity contribution in [1.29, 1.82) is 0 Å². The number of hydrogen-bond donors (Lipinski definition) is 0. The number of ether oxygens (including phenoxy) is 2.